The molecule has 3 N–H and O–H groups in total. The number of aromatic nitrogens is 2. The number of alkyl halides is 1. The van der Waals surface area contributed by atoms with Gasteiger partial charge < -0.3 is 10.2 Å². The Labute approximate surface area is 129 Å². The van der Waals surface area contributed by atoms with Crippen molar-refractivity contribution in [2.24, 2.45) is 5.92 Å². The SMILES string of the molecule is O=C(O)CC(Cc1cc(Cl)c2[nH]ncc2c1CCl)C(=O)O. The number of carbonyl (C=O) groups is 2. The number of aromatic amines is 1. The van der Waals surface area contributed by atoms with Crippen LogP contribution < -0.4 is 0 Å². The minimum Gasteiger partial charge on any atom is -0.481 e. The summed E-state index contributed by atoms with van der Waals surface area (Å²) in [4.78, 5) is 22.0. The molecule has 0 aliphatic rings. The molecule has 0 aliphatic carbocycles. The Balaban J connectivity index is 2.44. The minimum atomic E-state index is -1.17. The van der Waals surface area contributed by atoms with Crippen LogP contribution >= 0.6 is 23.2 Å². The van der Waals surface area contributed by atoms with Gasteiger partial charge in [0.25, 0.3) is 0 Å². The van der Waals surface area contributed by atoms with Crippen LogP contribution in [0.25, 0.3) is 10.9 Å². The van der Waals surface area contributed by atoms with Gasteiger partial charge in [0.1, 0.15) is 0 Å². The van der Waals surface area contributed by atoms with Crippen molar-refractivity contribution in [1.29, 1.82) is 0 Å². The summed E-state index contributed by atoms with van der Waals surface area (Å²) in [5.41, 5.74) is 1.96. The number of carboxylic acids is 2. The van der Waals surface area contributed by atoms with Crippen molar-refractivity contribution in [3.63, 3.8) is 0 Å². The van der Waals surface area contributed by atoms with Crippen LogP contribution in [0.4, 0.5) is 0 Å². The van der Waals surface area contributed by atoms with Crippen molar-refractivity contribution in [1.82, 2.24) is 10.2 Å². The van der Waals surface area contributed by atoms with E-state index in [1.165, 1.54) is 0 Å². The molecular formula is C13H12Cl2N2O4. The number of hydrogen-bond acceptors (Lipinski definition) is 3. The maximum atomic E-state index is 11.2. The number of aliphatic carboxylic acids is 2. The second kappa shape index (κ2) is 6.32. The van der Waals surface area contributed by atoms with Gasteiger partial charge in [0.05, 0.1) is 29.1 Å². The molecule has 1 atom stereocenters. The molecule has 0 saturated heterocycles. The van der Waals surface area contributed by atoms with Gasteiger partial charge in [0.15, 0.2) is 0 Å². The molecule has 0 aliphatic heterocycles. The van der Waals surface area contributed by atoms with Crippen LogP contribution in [0.1, 0.15) is 17.5 Å². The lowest BCUT2D eigenvalue weighted by atomic mass is 9.92. The summed E-state index contributed by atoms with van der Waals surface area (Å²) < 4.78 is 0. The standard InChI is InChI=1S/C13H12Cl2N2O4/c14-4-8-6(1-7(13(20)21)3-11(18)19)2-10(15)12-9(8)5-16-17-12/h2,5,7H,1,3-4H2,(H,16,17)(H,18,19)(H,20,21). The Morgan fingerprint density at radius 3 is 2.67 bits per heavy atom. The molecule has 0 bridgehead atoms. The third-order valence-corrected chi connectivity index (χ3v) is 3.83. The van der Waals surface area contributed by atoms with E-state index in [0.717, 1.165) is 0 Å². The van der Waals surface area contributed by atoms with Gasteiger partial charge in [-0.05, 0) is 23.6 Å². The fraction of sp³-hybridized carbons (Fsp3) is 0.308. The molecule has 0 spiro atoms. The van der Waals surface area contributed by atoms with Crippen LogP contribution in [0.15, 0.2) is 12.3 Å². The van der Waals surface area contributed by atoms with E-state index in [1.807, 2.05) is 0 Å². The molecule has 1 heterocycles. The lowest BCUT2D eigenvalue weighted by molar-refractivity contribution is -0.148. The molecule has 0 fully saturated rings. The predicted octanol–water partition coefficient (Wildman–Crippen LogP) is 2.67. The Kier molecular flexibility index (Phi) is 4.69. The van der Waals surface area contributed by atoms with Gasteiger partial charge >= 0.3 is 11.9 Å². The van der Waals surface area contributed by atoms with Crippen LogP contribution in [0.3, 0.4) is 0 Å². The van der Waals surface area contributed by atoms with Crippen molar-refractivity contribution >= 4 is 46.0 Å². The zero-order valence-corrected chi connectivity index (χ0v) is 12.3. The highest BCUT2D eigenvalue weighted by Gasteiger charge is 2.24. The van der Waals surface area contributed by atoms with Gasteiger partial charge in [-0.3, -0.25) is 14.7 Å². The maximum Gasteiger partial charge on any atom is 0.307 e. The quantitative estimate of drug-likeness (QED) is 0.706. The highest BCUT2D eigenvalue weighted by atomic mass is 35.5. The number of benzene rings is 1. The number of nitrogens with zero attached hydrogens (tertiary/aromatic N) is 1. The van der Waals surface area contributed by atoms with E-state index in [0.29, 0.717) is 27.1 Å². The second-order valence-electron chi connectivity index (χ2n) is 4.63. The van der Waals surface area contributed by atoms with E-state index >= 15 is 0 Å². The molecule has 1 unspecified atom stereocenters. The van der Waals surface area contributed by atoms with E-state index in [2.05, 4.69) is 10.2 Å². The lowest BCUT2D eigenvalue weighted by Crippen LogP contribution is -2.20. The zero-order valence-electron chi connectivity index (χ0n) is 10.8. The van der Waals surface area contributed by atoms with E-state index in [-0.39, 0.29) is 12.3 Å². The number of fused-ring (bicyclic) bond motifs is 1. The number of halogens is 2. The molecule has 6 nitrogen and oxygen atoms in total. The summed E-state index contributed by atoms with van der Waals surface area (Å²) in [5, 5.41) is 25.7. The average Bonchev–Trinajstić information content (AvgIpc) is 2.87. The van der Waals surface area contributed by atoms with Gasteiger partial charge in [-0.2, -0.15) is 5.10 Å². The largest absolute Gasteiger partial charge is 0.481 e. The summed E-state index contributed by atoms with van der Waals surface area (Å²) in [7, 11) is 0. The fourth-order valence-electron chi connectivity index (χ4n) is 2.25. The molecule has 1 aromatic heterocycles. The molecular weight excluding hydrogens is 319 g/mol. The second-order valence-corrected chi connectivity index (χ2v) is 5.30. The first kappa shape index (κ1) is 15.6. The van der Waals surface area contributed by atoms with Crippen LogP contribution in [-0.2, 0) is 21.9 Å². The number of nitrogens with one attached hydrogen (secondary N) is 1. The molecule has 8 heteroatoms. The van der Waals surface area contributed by atoms with Crippen molar-refractivity contribution in [3.8, 4) is 0 Å². The summed E-state index contributed by atoms with van der Waals surface area (Å²) in [6.07, 6.45) is 1.15. The summed E-state index contributed by atoms with van der Waals surface area (Å²) in [6.45, 7) is 0. The summed E-state index contributed by atoms with van der Waals surface area (Å²) in [5.74, 6) is -3.21. The van der Waals surface area contributed by atoms with E-state index < -0.39 is 24.3 Å². The van der Waals surface area contributed by atoms with Crippen LogP contribution in [-0.4, -0.2) is 32.3 Å². The fourth-order valence-corrected chi connectivity index (χ4v) is 2.84. The third kappa shape index (κ3) is 3.28. The average molecular weight is 331 g/mol. The Hall–Kier alpha value is -1.79. The lowest BCUT2D eigenvalue weighted by Gasteiger charge is -2.14. The Morgan fingerprint density at radius 2 is 2.10 bits per heavy atom. The van der Waals surface area contributed by atoms with Gasteiger partial charge in [-0.15, -0.1) is 11.6 Å². The van der Waals surface area contributed by atoms with Crippen molar-refractivity contribution < 1.29 is 19.8 Å². The van der Waals surface area contributed by atoms with Gasteiger partial charge in [0.2, 0.25) is 0 Å². The third-order valence-electron chi connectivity index (χ3n) is 3.26. The number of rotatable bonds is 6. The molecule has 1 aromatic carbocycles. The molecule has 0 saturated carbocycles. The maximum absolute atomic E-state index is 11.2. The molecule has 2 rings (SSSR count). The molecule has 2 aromatic rings. The molecule has 21 heavy (non-hydrogen) atoms. The smallest absolute Gasteiger partial charge is 0.307 e. The minimum absolute atomic E-state index is 0.0462. The topological polar surface area (TPSA) is 103 Å². The van der Waals surface area contributed by atoms with Crippen LogP contribution in [0.5, 0.6) is 0 Å². The molecule has 112 valence electrons. The van der Waals surface area contributed by atoms with E-state index in [1.54, 1.807) is 12.3 Å². The highest BCUT2D eigenvalue weighted by Crippen LogP contribution is 2.31. The van der Waals surface area contributed by atoms with Crippen molar-refractivity contribution in [2.75, 3.05) is 0 Å². The van der Waals surface area contributed by atoms with Crippen LogP contribution in [0.2, 0.25) is 5.02 Å². The van der Waals surface area contributed by atoms with Crippen molar-refractivity contribution in [2.45, 2.75) is 18.7 Å². The normalized spacial score (nSPS) is 12.5. The van der Waals surface area contributed by atoms with Gasteiger partial charge in [-0.1, -0.05) is 11.6 Å². The van der Waals surface area contributed by atoms with Crippen LogP contribution in [0, 0.1) is 5.92 Å². The first-order valence-electron chi connectivity index (χ1n) is 6.08. The van der Waals surface area contributed by atoms with E-state index in [4.69, 9.17) is 33.4 Å². The Bertz CT molecular complexity index is 699. The predicted molar refractivity (Wildman–Crippen MR) is 77.7 cm³/mol. The number of carboxylic acid groups (broad SMARTS) is 2. The first-order chi connectivity index (χ1) is 9.93. The number of hydrogen-bond donors (Lipinski definition) is 3. The first-order valence-corrected chi connectivity index (χ1v) is 6.99. The Morgan fingerprint density at radius 1 is 1.38 bits per heavy atom. The molecule has 0 amide bonds. The number of H-pyrrole nitrogens is 1. The molecule has 0 radical (unpaired) electrons. The highest BCUT2D eigenvalue weighted by molar-refractivity contribution is 6.35. The monoisotopic (exact) mass is 330 g/mol. The summed E-state index contributed by atoms with van der Waals surface area (Å²) >= 11 is 12.1. The van der Waals surface area contributed by atoms with Gasteiger partial charge in [0, 0.05) is 11.3 Å². The van der Waals surface area contributed by atoms with Gasteiger partial charge in [-0.25, -0.2) is 0 Å². The zero-order chi connectivity index (χ0) is 15.6. The van der Waals surface area contributed by atoms with E-state index in [9.17, 15) is 9.59 Å². The van der Waals surface area contributed by atoms with Crippen molar-refractivity contribution in [3.05, 3.63) is 28.4 Å². The summed E-state index contributed by atoms with van der Waals surface area (Å²) in [6, 6.07) is 1.61.